The van der Waals surface area contributed by atoms with Crippen molar-refractivity contribution in [1.29, 1.82) is 0 Å². The molecule has 1 fully saturated rings. The summed E-state index contributed by atoms with van der Waals surface area (Å²) in [4.78, 5) is 38.8. The van der Waals surface area contributed by atoms with Crippen LogP contribution in [0, 0.1) is 0 Å². The van der Waals surface area contributed by atoms with Gasteiger partial charge < -0.3 is 9.64 Å². The number of hydrogen-bond acceptors (Lipinski definition) is 6. The maximum atomic E-state index is 15.5. The van der Waals surface area contributed by atoms with Crippen LogP contribution in [-0.4, -0.2) is 37.9 Å². The molecule has 0 radical (unpaired) electrons. The molecule has 3 aliphatic rings. The van der Waals surface area contributed by atoms with E-state index in [1.807, 2.05) is 12.1 Å². The number of anilines is 1. The lowest BCUT2D eigenvalue weighted by Gasteiger charge is -2.31. The van der Waals surface area contributed by atoms with Crippen molar-refractivity contribution in [2.45, 2.75) is 0 Å². The number of benzene rings is 4. The van der Waals surface area contributed by atoms with E-state index in [0.29, 0.717) is 47.5 Å². The monoisotopic (exact) mass is 545 g/mol. The van der Waals surface area contributed by atoms with E-state index >= 15 is 8.78 Å². The molecule has 9 heteroatoms. The van der Waals surface area contributed by atoms with Crippen LogP contribution < -0.4 is 4.90 Å². The fourth-order valence-electron chi connectivity index (χ4n) is 5.52. The maximum absolute atomic E-state index is 15.5. The van der Waals surface area contributed by atoms with Crippen LogP contribution in [0.1, 0.15) is 31.8 Å². The highest BCUT2D eigenvalue weighted by Crippen LogP contribution is 2.44. The number of nitrogens with zero attached hydrogens (tertiary/aromatic N) is 1. The fraction of sp³-hybridized carbons (Fsp3) is 0.133. The molecule has 0 spiro atoms. The molecule has 6 nitrogen and oxygen atoms in total. The Bertz CT molecular complexity index is 1820. The smallest absolute Gasteiger partial charge is 0.226 e. The number of carbonyl (C=O) groups excluding carboxylic acids is 2. The van der Waals surface area contributed by atoms with Gasteiger partial charge >= 0.3 is 0 Å². The van der Waals surface area contributed by atoms with Crippen LogP contribution in [0.5, 0.6) is 0 Å². The van der Waals surface area contributed by atoms with Gasteiger partial charge in [0.2, 0.25) is 34.7 Å². The molecule has 0 atom stereocenters. The van der Waals surface area contributed by atoms with Gasteiger partial charge in [0, 0.05) is 67.6 Å². The first-order valence-corrected chi connectivity index (χ1v) is 12.7. The number of hydrogen-bond donors (Lipinski definition) is 0. The van der Waals surface area contributed by atoms with E-state index in [2.05, 4.69) is 4.90 Å². The van der Waals surface area contributed by atoms with E-state index in [-0.39, 0.29) is 22.3 Å². The van der Waals surface area contributed by atoms with Crippen molar-refractivity contribution in [3.63, 3.8) is 0 Å². The topological polar surface area (TPSA) is 65.1 Å². The van der Waals surface area contributed by atoms with Crippen molar-refractivity contribution in [1.82, 2.24) is 0 Å². The van der Waals surface area contributed by atoms with Crippen molar-refractivity contribution in [2.24, 2.45) is 0 Å². The molecule has 1 saturated heterocycles. The standard InChI is InChI=1S/C30H18ClF2NO5/c31-21-9-7-18-23-15(21)3-1-6-19(23)29(26(33)28(18)36)38-39-30-20-8-10-22(34-11-13-37-14-12-34)16-4-2-5-17(24(16)20)27(35)25(30)32/h1-10H,11-14H2. The minimum atomic E-state index is -1.20. The van der Waals surface area contributed by atoms with Crippen LogP contribution in [0.2, 0.25) is 5.02 Å². The summed E-state index contributed by atoms with van der Waals surface area (Å²) in [7, 11) is 0. The molecule has 1 aliphatic heterocycles. The van der Waals surface area contributed by atoms with Gasteiger partial charge in [0.15, 0.2) is 0 Å². The number of rotatable bonds is 4. The third-order valence-corrected chi connectivity index (χ3v) is 7.67. The Hall–Kier alpha value is -4.27. The van der Waals surface area contributed by atoms with Gasteiger partial charge in [-0.1, -0.05) is 48.0 Å². The second kappa shape index (κ2) is 8.90. The summed E-state index contributed by atoms with van der Waals surface area (Å²) in [5.74, 6) is -5.18. The Morgan fingerprint density at radius 3 is 1.92 bits per heavy atom. The lowest BCUT2D eigenvalue weighted by molar-refractivity contribution is -0.166. The van der Waals surface area contributed by atoms with Crippen molar-refractivity contribution in [2.75, 3.05) is 31.2 Å². The molecule has 7 rings (SSSR count). The minimum absolute atomic E-state index is 0.127. The van der Waals surface area contributed by atoms with Crippen molar-refractivity contribution < 1.29 is 32.9 Å². The summed E-state index contributed by atoms with van der Waals surface area (Å²) in [6.07, 6.45) is 0. The second-order valence-electron chi connectivity index (χ2n) is 9.39. The zero-order valence-corrected chi connectivity index (χ0v) is 21.0. The van der Waals surface area contributed by atoms with Gasteiger partial charge in [-0.2, -0.15) is 8.78 Å². The molecule has 1 heterocycles. The highest BCUT2D eigenvalue weighted by atomic mass is 35.5. The largest absolute Gasteiger partial charge is 0.378 e. The molecule has 194 valence electrons. The van der Waals surface area contributed by atoms with Crippen LogP contribution in [0.4, 0.5) is 14.5 Å². The Balaban J connectivity index is 1.32. The number of halogens is 3. The van der Waals surface area contributed by atoms with Gasteiger partial charge in [0.1, 0.15) is 0 Å². The number of ketones is 2. The lowest BCUT2D eigenvalue weighted by Crippen LogP contribution is -2.36. The van der Waals surface area contributed by atoms with Crippen molar-refractivity contribution in [3.05, 3.63) is 99.6 Å². The number of ether oxygens (including phenoxy) is 1. The summed E-state index contributed by atoms with van der Waals surface area (Å²) >= 11 is 6.31. The molecular formula is C30H18ClF2NO5. The molecule has 39 heavy (non-hydrogen) atoms. The predicted octanol–water partition coefficient (Wildman–Crippen LogP) is 6.80. The van der Waals surface area contributed by atoms with Gasteiger partial charge in [0.05, 0.1) is 13.2 Å². The SMILES string of the molecule is O=C1C(F)=C(OOC2=C(F)C(=O)c3cccc4c(N5CCOCC5)ccc2c34)c2cccc3c(Cl)ccc1c23. The van der Waals surface area contributed by atoms with E-state index < -0.39 is 34.7 Å². The van der Waals surface area contributed by atoms with Crippen LogP contribution in [0.3, 0.4) is 0 Å². The first-order chi connectivity index (χ1) is 19.0. The summed E-state index contributed by atoms with van der Waals surface area (Å²) in [6, 6.07) is 16.4. The van der Waals surface area contributed by atoms with Crippen LogP contribution in [0.25, 0.3) is 33.1 Å². The Morgan fingerprint density at radius 1 is 0.692 bits per heavy atom. The van der Waals surface area contributed by atoms with Crippen LogP contribution in [0.15, 0.2) is 72.3 Å². The zero-order chi connectivity index (χ0) is 26.8. The van der Waals surface area contributed by atoms with E-state index in [0.717, 1.165) is 11.1 Å². The summed E-state index contributed by atoms with van der Waals surface area (Å²) in [5.41, 5.74) is 1.69. The molecule has 4 aromatic rings. The molecular weight excluding hydrogens is 528 g/mol. The molecule has 0 aromatic heterocycles. The van der Waals surface area contributed by atoms with Crippen molar-refractivity contribution >= 4 is 61.9 Å². The third kappa shape index (κ3) is 3.48. The normalized spacial score (nSPS) is 16.9. The number of allylic oxidation sites excluding steroid dienone is 2. The molecule has 4 aromatic carbocycles. The third-order valence-electron chi connectivity index (χ3n) is 7.34. The summed E-state index contributed by atoms with van der Waals surface area (Å²) in [5, 5.41) is 2.53. The Morgan fingerprint density at radius 2 is 1.23 bits per heavy atom. The van der Waals surface area contributed by atoms with Gasteiger partial charge in [0.25, 0.3) is 0 Å². The summed E-state index contributed by atoms with van der Waals surface area (Å²) < 4.78 is 36.2. The van der Waals surface area contributed by atoms with E-state index in [4.69, 9.17) is 26.1 Å². The molecule has 2 aliphatic carbocycles. The quantitative estimate of drug-likeness (QED) is 0.208. The van der Waals surface area contributed by atoms with Crippen molar-refractivity contribution in [3.8, 4) is 0 Å². The Kier molecular flexibility index (Phi) is 5.43. The molecule has 0 bridgehead atoms. The highest BCUT2D eigenvalue weighted by molar-refractivity contribution is 6.37. The number of Topliss-reactive ketones (excluding diaryl/α,β-unsaturated/α-hetero) is 2. The van der Waals surface area contributed by atoms with Gasteiger partial charge in [-0.3, -0.25) is 19.4 Å². The molecule has 0 saturated carbocycles. The van der Waals surface area contributed by atoms with E-state index in [9.17, 15) is 9.59 Å². The van der Waals surface area contributed by atoms with E-state index in [1.54, 1.807) is 36.4 Å². The maximum Gasteiger partial charge on any atom is 0.226 e. The second-order valence-corrected chi connectivity index (χ2v) is 9.80. The van der Waals surface area contributed by atoms with Gasteiger partial charge in [-0.25, -0.2) is 0 Å². The van der Waals surface area contributed by atoms with Gasteiger partial charge in [-0.15, -0.1) is 0 Å². The molecule has 0 N–H and O–H groups in total. The number of morpholine rings is 1. The minimum Gasteiger partial charge on any atom is -0.378 e. The summed E-state index contributed by atoms with van der Waals surface area (Å²) in [6.45, 7) is 2.47. The van der Waals surface area contributed by atoms with Gasteiger partial charge in [-0.05, 0) is 24.3 Å². The Labute approximate surface area is 225 Å². The van der Waals surface area contributed by atoms with Crippen LogP contribution >= 0.6 is 11.6 Å². The predicted molar refractivity (Wildman–Crippen MR) is 143 cm³/mol. The first-order valence-electron chi connectivity index (χ1n) is 12.3. The molecule has 0 amide bonds. The first kappa shape index (κ1) is 23.8. The average Bonchev–Trinajstić information content (AvgIpc) is 2.97. The fourth-order valence-corrected chi connectivity index (χ4v) is 5.75. The molecule has 0 unspecified atom stereocenters. The van der Waals surface area contributed by atoms with Crippen LogP contribution in [-0.2, 0) is 14.5 Å². The lowest BCUT2D eigenvalue weighted by atomic mass is 9.89. The van der Waals surface area contributed by atoms with E-state index in [1.165, 1.54) is 12.1 Å². The average molecular weight is 546 g/mol. The highest BCUT2D eigenvalue weighted by Gasteiger charge is 2.35. The number of carbonyl (C=O) groups is 2. The zero-order valence-electron chi connectivity index (χ0n) is 20.2.